The Morgan fingerprint density at radius 3 is 2.53 bits per heavy atom. The number of morpholine rings is 1. The fraction of sp³-hybridized carbons (Fsp3) is 0.308. The molecule has 0 N–H and O–H groups in total. The lowest BCUT2D eigenvalue weighted by Gasteiger charge is -2.24. The third kappa shape index (κ3) is 3.58. The van der Waals surface area contributed by atoms with E-state index in [1.165, 1.54) is 0 Å². The first-order valence-electron chi connectivity index (χ1n) is 5.55. The highest BCUT2D eigenvalue weighted by Gasteiger charge is 2.06. The minimum Gasteiger partial charge on any atom is -0.378 e. The summed E-state index contributed by atoms with van der Waals surface area (Å²) in [7, 11) is 0. The molecule has 0 saturated carbocycles. The van der Waals surface area contributed by atoms with Crippen LogP contribution < -0.4 is 0 Å². The van der Waals surface area contributed by atoms with Gasteiger partial charge in [0, 0.05) is 36.0 Å². The second-order valence-corrected chi connectivity index (χ2v) is 4.27. The number of hydrogen-bond donors (Lipinski definition) is 0. The van der Waals surface area contributed by atoms with E-state index in [-0.39, 0.29) is 5.78 Å². The second-order valence-electron chi connectivity index (χ2n) is 3.84. The zero-order valence-electron chi connectivity index (χ0n) is 9.43. The molecular formula is C13H14ClNO2. The van der Waals surface area contributed by atoms with Gasteiger partial charge in [0.2, 0.25) is 0 Å². The molecular weight excluding hydrogens is 238 g/mol. The van der Waals surface area contributed by atoms with E-state index in [2.05, 4.69) is 4.90 Å². The number of nitrogens with zero attached hydrogens (tertiary/aromatic N) is 1. The lowest BCUT2D eigenvalue weighted by atomic mass is 10.1. The fourth-order valence-corrected chi connectivity index (χ4v) is 1.74. The molecule has 3 nitrogen and oxygen atoms in total. The highest BCUT2D eigenvalue weighted by Crippen LogP contribution is 2.10. The van der Waals surface area contributed by atoms with Crippen LogP contribution in [0.25, 0.3) is 0 Å². The van der Waals surface area contributed by atoms with Crippen molar-refractivity contribution in [1.29, 1.82) is 0 Å². The summed E-state index contributed by atoms with van der Waals surface area (Å²) in [5, 5.41) is 0.638. The van der Waals surface area contributed by atoms with E-state index in [9.17, 15) is 4.79 Å². The largest absolute Gasteiger partial charge is 0.378 e. The predicted octanol–water partition coefficient (Wildman–Crippen LogP) is 2.37. The van der Waals surface area contributed by atoms with Gasteiger partial charge < -0.3 is 9.64 Å². The molecule has 0 unspecified atom stereocenters. The van der Waals surface area contributed by atoms with E-state index in [1.54, 1.807) is 30.3 Å². The number of ether oxygens (including phenoxy) is 1. The summed E-state index contributed by atoms with van der Waals surface area (Å²) in [6.45, 7) is 3.12. The number of ketones is 1. The van der Waals surface area contributed by atoms with Crippen molar-refractivity contribution in [3.63, 3.8) is 0 Å². The molecule has 1 aliphatic rings. The predicted molar refractivity (Wildman–Crippen MR) is 67.3 cm³/mol. The number of rotatable bonds is 3. The molecule has 90 valence electrons. The normalized spacial score (nSPS) is 16.4. The number of benzene rings is 1. The average Bonchev–Trinajstić information content (AvgIpc) is 2.38. The molecule has 2 rings (SSSR count). The van der Waals surface area contributed by atoms with Gasteiger partial charge in [0.25, 0.3) is 0 Å². The fourth-order valence-electron chi connectivity index (χ4n) is 1.61. The van der Waals surface area contributed by atoms with Gasteiger partial charge in [0.1, 0.15) is 0 Å². The van der Waals surface area contributed by atoms with Crippen molar-refractivity contribution in [2.45, 2.75) is 0 Å². The first-order valence-corrected chi connectivity index (χ1v) is 5.93. The maximum Gasteiger partial charge on any atom is 0.187 e. The molecule has 0 bridgehead atoms. The van der Waals surface area contributed by atoms with Crippen molar-refractivity contribution in [2.75, 3.05) is 26.3 Å². The Balaban J connectivity index is 1.96. The lowest BCUT2D eigenvalue weighted by molar-refractivity contribution is 0.0591. The minimum absolute atomic E-state index is 0.00633. The average molecular weight is 252 g/mol. The van der Waals surface area contributed by atoms with Crippen LogP contribution in [0.3, 0.4) is 0 Å². The van der Waals surface area contributed by atoms with Crippen molar-refractivity contribution in [2.24, 2.45) is 0 Å². The highest BCUT2D eigenvalue weighted by molar-refractivity contribution is 6.30. The number of halogens is 1. The van der Waals surface area contributed by atoms with Gasteiger partial charge in [0.05, 0.1) is 13.2 Å². The van der Waals surface area contributed by atoms with Crippen LogP contribution in [0.15, 0.2) is 36.5 Å². The highest BCUT2D eigenvalue weighted by atomic mass is 35.5. The molecule has 1 fully saturated rings. The molecule has 0 aromatic heterocycles. The van der Waals surface area contributed by atoms with Gasteiger partial charge in [-0.2, -0.15) is 0 Å². The van der Waals surface area contributed by atoms with Crippen LogP contribution in [-0.4, -0.2) is 37.0 Å². The molecule has 4 heteroatoms. The summed E-state index contributed by atoms with van der Waals surface area (Å²) < 4.78 is 5.23. The number of carbonyl (C=O) groups excluding carboxylic acids is 1. The summed E-state index contributed by atoms with van der Waals surface area (Å²) in [5.41, 5.74) is 0.652. The van der Waals surface area contributed by atoms with Crippen LogP contribution in [0.2, 0.25) is 5.02 Å². The monoisotopic (exact) mass is 251 g/mol. The van der Waals surface area contributed by atoms with E-state index in [0.29, 0.717) is 10.6 Å². The SMILES string of the molecule is O=C(/C=C\N1CCOCC1)c1ccc(Cl)cc1. The Morgan fingerprint density at radius 1 is 1.24 bits per heavy atom. The summed E-state index contributed by atoms with van der Waals surface area (Å²) >= 11 is 5.76. The van der Waals surface area contributed by atoms with Crippen molar-refractivity contribution >= 4 is 17.4 Å². The molecule has 17 heavy (non-hydrogen) atoms. The molecule has 0 spiro atoms. The number of hydrogen-bond acceptors (Lipinski definition) is 3. The van der Waals surface area contributed by atoms with Crippen molar-refractivity contribution in [3.05, 3.63) is 47.1 Å². The third-order valence-corrected chi connectivity index (χ3v) is 2.86. The molecule has 0 amide bonds. The zero-order chi connectivity index (χ0) is 12.1. The molecule has 1 aliphatic heterocycles. The van der Waals surface area contributed by atoms with Gasteiger partial charge in [0.15, 0.2) is 5.78 Å². The molecule has 1 aromatic carbocycles. The van der Waals surface area contributed by atoms with Crippen LogP contribution in [0, 0.1) is 0 Å². The van der Waals surface area contributed by atoms with Gasteiger partial charge >= 0.3 is 0 Å². The van der Waals surface area contributed by atoms with Crippen LogP contribution in [0.5, 0.6) is 0 Å². The molecule has 1 aromatic rings. The quantitative estimate of drug-likeness (QED) is 0.610. The van der Waals surface area contributed by atoms with E-state index in [1.807, 2.05) is 6.20 Å². The molecule has 0 radical (unpaired) electrons. The maximum absolute atomic E-state index is 11.8. The van der Waals surface area contributed by atoms with Crippen molar-refractivity contribution in [1.82, 2.24) is 4.90 Å². The first kappa shape index (κ1) is 12.1. The van der Waals surface area contributed by atoms with E-state index < -0.39 is 0 Å². The molecule has 0 atom stereocenters. The Morgan fingerprint density at radius 2 is 1.88 bits per heavy atom. The van der Waals surface area contributed by atoms with Crippen LogP contribution in [-0.2, 0) is 4.74 Å². The van der Waals surface area contributed by atoms with Gasteiger partial charge in [-0.15, -0.1) is 0 Å². The Hall–Kier alpha value is -1.32. The van der Waals surface area contributed by atoms with Crippen LogP contribution >= 0.6 is 11.6 Å². The summed E-state index contributed by atoms with van der Waals surface area (Å²) in [5.74, 6) is -0.00633. The zero-order valence-corrected chi connectivity index (χ0v) is 10.2. The summed E-state index contributed by atoms with van der Waals surface area (Å²) in [6, 6.07) is 6.90. The van der Waals surface area contributed by atoms with Gasteiger partial charge in [-0.1, -0.05) is 11.6 Å². The van der Waals surface area contributed by atoms with Crippen LogP contribution in [0.4, 0.5) is 0 Å². The maximum atomic E-state index is 11.8. The second kappa shape index (κ2) is 5.84. The van der Waals surface area contributed by atoms with Gasteiger partial charge in [-0.3, -0.25) is 4.79 Å². The summed E-state index contributed by atoms with van der Waals surface area (Å²) in [4.78, 5) is 13.9. The van der Waals surface area contributed by atoms with E-state index in [0.717, 1.165) is 26.3 Å². The van der Waals surface area contributed by atoms with Gasteiger partial charge in [-0.25, -0.2) is 0 Å². The van der Waals surface area contributed by atoms with E-state index in [4.69, 9.17) is 16.3 Å². The van der Waals surface area contributed by atoms with E-state index >= 15 is 0 Å². The van der Waals surface area contributed by atoms with Crippen molar-refractivity contribution < 1.29 is 9.53 Å². The summed E-state index contributed by atoms with van der Waals surface area (Å²) in [6.07, 6.45) is 3.42. The van der Waals surface area contributed by atoms with Crippen LogP contribution in [0.1, 0.15) is 10.4 Å². The lowest BCUT2D eigenvalue weighted by Crippen LogP contribution is -2.32. The number of allylic oxidation sites excluding steroid dienone is 1. The van der Waals surface area contributed by atoms with Crippen molar-refractivity contribution in [3.8, 4) is 0 Å². The Labute approximate surface area is 106 Å². The topological polar surface area (TPSA) is 29.5 Å². The third-order valence-electron chi connectivity index (χ3n) is 2.61. The standard InChI is InChI=1S/C13H14ClNO2/c14-12-3-1-11(2-4-12)13(16)5-6-15-7-9-17-10-8-15/h1-6H,7-10H2/b6-5-. The van der Waals surface area contributed by atoms with Gasteiger partial charge in [-0.05, 0) is 24.3 Å². The Bertz CT molecular complexity index is 408. The molecule has 1 saturated heterocycles. The minimum atomic E-state index is -0.00633. The number of carbonyl (C=O) groups is 1. The molecule has 0 aliphatic carbocycles. The smallest absolute Gasteiger partial charge is 0.187 e. The first-order chi connectivity index (χ1) is 8.25. The Kier molecular flexibility index (Phi) is 4.18. The molecule has 1 heterocycles.